The van der Waals surface area contributed by atoms with Gasteiger partial charge in [-0.05, 0) is 30.3 Å². The maximum Gasteiger partial charge on any atom is 0.306 e. The fraction of sp³-hybridized carbons (Fsp3) is 0.0909. The van der Waals surface area contributed by atoms with E-state index in [2.05, 4.69) is 26.2 Å². The first-order valence-electron chi connectivity index (χ1n) is 10.4. The highest BCUT2D eigenvalue weighted by molar-refractivity contribution is 5.92. The molecule has 1 aliphatic rings. The summed E-state index contributed by atoms with van der Waals surface area (Å²) in [6.07, 6.45) is 0. The van der Waals surface area contributed by atoms with Crippen molar-refractivity contribution in [1.82, 2.24) is 35.5 Å². The number of hydrogen-bond donors (Lipinski definition) is 2. The van der Waals surface area contributed by atoms with Crippen molar-refractivity contribution in [3.63, 3.8) is 0 Å². The number of benzene rings is 3. The Hall–Kier alpha value is -3.75. The molecular weight excluding hydrogens is 549 g/mol. The van der Waals surface area contributed by atoms with Crippen LogP contribution < -0.4 is 39.5 Å². The van der Waals surface area contributed by atoms with Crippen molar-refractivity contribution in [3.8, 4) is 0 Å². The van der Waals surface area contributed by atoms with Gasteiger partial charge in [-0.2, -0.15) is 14.4 Å². The second-order valence-electron chi connectivity index (χ2n) is 7.64. The van der Waals surface area contributed by atoms with Gasteiger partial charge in [-0.25, -0.2) is 5.01 Å². The van der Waals surface area contributed by atoms with Crippen LogP contribution >= 0.6 is 0 Å². The molecular formula is C22H18IN9O2. The van der Waals surface area contributed by atoms with Crippen LogP contribution in [0.4, 0.5) is 11.4 Å². The minimum atomic E-state index is -0.249. The number of quaternary nitrogens is 1. The number of para-hydroxylation sites is 4. The van der Waals surface area contributed by atoms with Crippen LogP contribution in [0.2, 0.25) is 0 Å². The molecule has 2 aromatic heterocycles. The van der Waals surface area contributed by atoms with Gasteiger partial charge in [0.05, 0.1) is 11.0 Å². The van der Waals surface area contributed by atoms with Crippen LogP contribution in [0, 0.1) is 0 Å². The monoisotopic (exact) mass is 567 g/mol. The van der Waals surface area contributed by atoms with Crippen molar-refractivity contribution >= 4 is 45.3 Å². The normalized spacial score (nSPS) is 14.8. The lowest BCUT2D eigenvalue weighted by Crippen LogP contribution is -3.14. The standard InChI is InChI=1S/C22H17N9O2.HI/c32-21(30-17-9-3-1-7-15(17)23-25-30)13-28-19-11-5-6-12-20(19)29(27-28)14-22(33)31-18-10-4-2-8-16(18)24-26-31;/h1-12,27H,13-14H2;1H. The van der Waals surface area contributed by atoms with Crippen molar-refractivity contribution in [3.05, 3.63) is 72.8 Å². The number of fused-ring (bicyclic) bond motifs is 3. The van der Waals surface area contributed by atoms with Crippen LogP contribution in [0.15, 0.2) is 72.8 Å². The molecule has 12 heteroatoms. The van der Waals surface area contributed by atoms with Crippen molar-refractivity contribution in [2.45, 2.75) is 0 Å². The van der Waals surface area contributed by atoms with E-state index in [1.807, 2.05) is 54.6 Å². The van der Waals surface area contributed by atoms with Crippen molar-refractivity contribution in [1.29, 1.82) is 0 Å². The molecule has 34 heavy (non-hydrogen) atoms. The first kappa shape index (κ1) is 22.1. The number of hydrogen-bond acceptors (Lipinski definition) is 8. The van der Waals surface area contributed by atoms with Crippen LogP contribution in [0.5, 0.6) is 0 Å². The number of anilines is 1. The lowest BCUT2D eigenvalue weighted by Gasteiger charge is -2.17. The molecule has 11 nitrogen and oxygen atoms in total. The van der Waals surface area contributed by atoms with Crippen LogP contribution in [0.1, 0.15) is 9.59 Å². The highest BCUT2D eigenvalue weighted by Gasteiger charge is 2.34. The number of nitrogens with zero attached hydrogens (tertiary/aromatic N) is 7. The minimum absolute atomic E-state index is 0. The fourth-order valence-electron chi connectivity index (χ4n) is 4.04. The third-order valence-corrected chi connectivity index (χ3v) is 5.59. The molecule has 0 aliphatic carbocycles. The molecule has 1 unspecified atom stereocenters. The Morgan fingerprint density at radius 3 is 2.00 bits per heavy atom. The van der Waals surface area contributed by atoms with E-state index < -0.39 is 0 Å². The van der Waals surface area contributed by atoms with Gasteiger partial charge in [0.1, 0.15) is 23.3 Å². The Morgan fingerprint density at radius 2 is 1.32 bits per heavy atom. The third kappa shape index (κ3) is 3.70. The predicted molar refractivity (Wildman–Crippen MR) is 119 cm³/mol. The smallest absolute Gasteiger partial charge is 0.306 e. The zero-order valence-corrected chi connectivity index (χ0v) is 19.8. The van der Waals surface area contributed by atoms with E-state index >= 15 is 0 Å². The summed E-state index contributed by atoms with van der Waals surface area (Å²) in [5.74, 6) is -0.475. The Balaban J connectivity index is 0.00000241. The summed E-state index contributed by atoms with van der Waals surface area (Å²) in [7, 11) is 0. The zero-order chi connectivity index (χ0) is 22.4. The summed E-state index contributed by atoms with van der Waals surface area (Å²) in [6.45, 7) is 0.0790. The van der Waals surface area contributed by atoms with Gasteiger partial charge in [-0.1, -0.05) is 52.4 Å². The summed E-state index contributed by atoms with van der Waals surface area (Å²) < 4.78 is 2.60. The lowest BCUT2D eigenvalue weighted by molar-refractivity contribution is -0.867. The predicted octanol–water partition coefficient (Wildman–Crippen LogP) is -2.38. The Morgan fingerprint density at radius 1 is 0.765 bits per heavy atom. The molecule has 0 radical (unpaired) electrons. The molecule has 0 saturated heterocycles. The number of nitrogens with one attached hydrogen (secondary N) is 2. The van der Waals surface area contributed by atoms with Crippen LogP contribution in [-0.4, -0.2) is 54.9 Å². The van der Waals surface area contributed by atoms with Gasteiger partial charge in [-0.3, -0.25) is 9.59 Å². The minimum Gasteiger partial charge on any atom is -1.00 e. The van der Waals surface area contributed by atoms with E-state index in [1.54, 1.807) is 23.2 Å². The zero-order valence-electron chi connectivity index (χ0n) is 17.7. The van der Waals surface area contributed by atoms with E-state index in [0.29, 0.717) is 27.1 Å². The molecule has 1 atom stereocenters. The molecule has 0 spiro atoms. The molecule has 6 rings (SSSR count). The van der Waals surface area contributed by atoms with Crippen LogP contribution in [-0.2, 0) is 0 Å². The molecule has 0 amide bonds. The molecule has 2 N–H and O–H groups in total. The van der Waals surface area contributed by atoms with E-state index in [-0.39, 0.29) is 48.9 Å². The Labute approximate surface area is 209 Å². The number of carbonyl (C=O) groups excluding carboxylic acids is 2. The largest absolute Gasteiger partial charge is 1.00 e. The molecule has 0 saturated carbocycles. The first-order valence-corrected chi connectivity index (χ1v) is 10.4. The van der Waals surface area contributed by atoms with E-state index in [4.69, 9.17) is 0 Å². The van der Waals surface area contributed by atoms with Gasteiger partial charge in [0.15, 0.2) is 12.2 Å². The average molecular weight is 567 g/mol. The Bertz CT molecular complexity index is 1420. The topological polar surface area (TPSA) is 115 Å². The number of hydrazine groups is 1. The molecule has 0 bridgehead atoms. The second kappa shape index (κ2) is 8.89. The SMILES string of the molecule is O=C(CN1N[NH+](CC(=O)n2nnc3ccccc32)c2ccccc21)n1nnc2ccccc21.[I-]. The number of aromatic nitrogens is 6. The van der Waals surface area contributed by atoms with E-state index in [0.717, 1.165) is 11.4 Å². The van der Waals surface area contributed by atoms with Crippen molar-refractivity contribution in [2.75, 3.05) is 18.1 Å². The van der Waals surface area contributed by atoms with Gasteiger partial charge in [0.25, 0.3) is 5.91 Å². The summed E-state index contributed by atoms with van der Waals surface area (Å²) in [4.78, 5) is 26.1. The molecule has 3 aromatic carbocycles. The summed E-state index contributed by atoms with van der Waals surface area (Å²) in [6, 6.07) is 22.2. The summed E-state index contributed by atoms with van der Waals surface area (Å²) in [5.41, 5.74) is 7.49. The third-order valence-electron chi connectivity index (χ3n) is 5.59. The maximum atomic E-state index is 13.0. The van der Waals surface area contributed by atoms with Gasteiger partial charge in [-0.15, -0.1) is 10.2 Å². The Kier molecular flexibility index (Phi) is 5.77. The molecule has 0 fully saturated rings. The van der Waals surface area contributed by atoms with Gasteiger partial charge >= 0.3 is 5.91 Å². The van der Waals surface area contributed by atoms with Crippen LogP contribution in [0.25, 0.3) is 22.1 Å². The fourth-order valence-corrected chi connectivity index (χ4v) is 4.04. The van der Waals surface area contributed by atoms with Crippen molar-refractivity contribution < 1.29 is 38.6 Å². The average Bonchev–Trinajstić information content (AvgIpc) is 3.55. The number of rotatable bonds is 4. The molecule has 5 aromatic rings. The highest BCUT2D eigenvalue weighted by atomic mass is 127. The van der Waals surface area contributed by atoms with E-state index in [1.165, 1.54) is 9.36 Å². The molecule has 3 heterocycles. The van der Waals surface area contributed by atoms with Gasteiger partial charge in [0.2, 0.25) is 0 Å². The molecule has 1 aliphatic heterocycles. The quantitative estimate of drug-likeness (QED) is 0.232. The highest BCUT2D eigenvalue weighted by Crippen LogP contribution is 2.24. The summed E-state index contributed by atoms with van der Waals surface area (Å²) in [5, 5.41) is 18.5. The van der Waals surface area contributed by atoms with E-state index in [9.17, 15) is 9.59 Å². The second-order valence-corrected chi connectivity index (χ2v) is 7.64. The molecule has 170 valence electrons. The first-order chi connectivity index (χ1) is 16.2. The lowest BCUT2D eigenvalue weighted by atomic mass is 10.2. The van der Waals surface area contributed by atoms with Gasteiger partial charge in [0, 0.05) is 6.07 Å². The van der Waals surface area contributed by atoms with Crippen LogP contribution in [0.3, 0.4) is 0 Å². The number of carbonyl (C=O) groups is 2. The number of halogens is 1. The van der Waals surface area contributed by atoms with Crippen molar-refractivity contribution in [2.24, 2.45) is 0 Å². The van der Waals surface area contributed by atoms with Gasteiger partial charge < -0.3 is 24.0 Å². The maximum absolute atomic E-state index is 13.0. The summed E-state index contributed by atoms with van der Waals surface area (Å²) >= 11 is 0.